The van der Waals surface area contributed by atoms with Crippen LogP contribution in [0.3, 0.4) is 0 Å². The van der Waals surface area contributed by atoms with E-state index in [1.165, 1.54) is 45.2 Å². The second-order valence-corrected chi connectivity index (χ2v) is 5.49. The Morgan fingerprint density at radius 2 is 1.76 bits per heavy atom. The summed E-state index contributed by atoms with van der Waals surface area (Å²) in [7, 11) is 2.26. The first-order valence-electron chi connectivity index (χ1n) is 7.05. The van der Waals surface area contributed by atoms with Gasteiger partial charge in [0.25, 0.3) is 0 Å². The van der Waals surface area contributed by atoms with Crippen LogP contribution in [0.4, 0.5) is 0 Å². The molecule has 0 amide bonds. The molecule has 94 valence electrons. The minimum Gasteiger partial charge on any atom is -0.306 e. The average Bonchev–Trinajstić information content (AvgIpc) is 2.76. The van der Waals surface area contributed by atoms with E-state index in [0.29, 0.717) is 0 Å². The van der Waals surface area contributed by atoms with Gasteiger partial charge in [0, 0.05) is 0 Å². The van der Waals surface area contributed by atoms with Gasteiger partial charge in [-0.3, -0.25) is 0 Å². The van der Waals surface area contributed by atoms with Crippen molar-refractivity contribution in [3.05, 3.63) is 35.4 Å². The standard InChI is InChI=1S/C16H25N/c1-3-4-10-17(2)11-9-14-12-15-7-5-6-8-16(15)13-14/h5-8,14H,3-4,9-13H2,1-2H3. The first-order valence-corrected chi connectivity index (χ1v) is 7.05. The molecule has 0 aliphatic heterocycles. The number of benzene rings is 1. The molecule has 1 heteroatoms. The molecule has 0 spiro atoms. The number of hydrogen-bond donors (Lipinski definition) is 0. The zero-order valence-electron chi connectivity index (χ0n) is 11.3. The molecule has 1 aliphatic rings. The summed E-state index contributed by atoms with van der Waals surface area (Å²) in [6, 6.07) is 8.95. The first kappa shape index (κ1) is 12.6. The molecular formula is C16H25N. The second kappa shape index (κ2) is 6.20. The lowest BCUT2D eigenvalue weighted by atomic mass is 10.0. The van der Waals surface area contributed by atoms with Crippen LogP contribution in [-0.2, 0) is 12.8 Å². The van der Waals surface area contributed by atoms with Gasteiger partial charge in [0.05, 0.1) is 0 Å². The first-order chi connectivity index (χ1) is 8.29. The Morgan fingerprint density at radius 1 is 1.12 bits per heavy atom. The van der Waals surface area contributed by atoms with E-state index in [9.17, 15) is 0 Å². The maximum absolute atomic E-state index is 2.49. The Balaban J connectivity index is 1.73. The maximum atomic E-state index is 2.49. The van der Waals surface area contributed by atoms with Gasteiger partial charge in [-0.2, -0.15) is 0 Å². The minimum absolute atomic E-state index is 0.886. The van der Waals surface area contributed by atoms with Crippen LogP contribution in [0, 0.1) is 5.92 Å². The molecule has 0 unspecified atom stereocenters. The van der Waals surface area contributed by atoms with Gasteiger partial charge in [-0.15, -0.1) is 0 Å². The normalized spacial score (nSPS) is 15.5. The van der Waals surface area contributed by atoms with Gasteiger partial charge < -0.3 is 4.90 Å². The van der Waals surface area contributed by atoms with Gasteiger partial charge in [-0.1, -0.05) is 37.6 Å². The molecule has 0 atom stereocenters. The lowest BCUT2D eigenvalue weighted by Gasteiger charge is -2.18. The van der Waals surface area contributed by atoms with Crippen molar-refractivity contribution >= 4 is 0 Å². The molecule has 1 nitrogen and oxygen atoms in total. The Morgan fingerprint density at radius 3 is 2.35 bits per heavy atom. The van der Waals surface area contributed by atoms with Crippen molar-refractivity contribution in [1.82, 2.24) is 4.90 Å². The van der Waals surface area contributed by atoms with E-state index < -0.39 is 0 Å². The fourth-order valence-corrected chi connectivity index (χ4v) is 2.80. The predicted octanol–water partition coefficient (Wildman–Crippen LogP) is 3.52. The molecule has 2 rings (SSSR count). The maximum Gasteiger partial charge on any atom is -0.00189 e. The number of unbranched alkanes of at least 4 members (excludes halogenated alkanes) is 1. The van der Waals surface area contributed by atoms with Crippen molar-refractivity contribution in [2.75, 3.05) is 20.1 Å². The fourth-order valence-electron chi connectivity index (χ4n) is 2.80. The van der Waals surface area contributed by atoms with Crippen molar-refractivity contribution in [1.29, 1.82) is 0 Å². The monoisotopic (exact) mass is 231 g/mol. The third-order valence-corrected chi connectivity index (χ3v) is 3.95. The topological polar surface area (TPSA) is 3.24 Å². The summed E-state index contributed by atoms with van der Waals surface area (Å²) in [5.41, 5.74) is 3.18. The summed E-state index contributed by atoms with van der Waals surface area (Å²) >= 11 is 0. The highest BCUT2D eigenvalue weighted by atomic mass is 15.1. The van der Waals surface area contributed by atoms with Crippen LogP contribution < -0.4 is 0 Å². The van der Waals surface area contributed by atoms with Crippen molar-refractivity contribution < 1.29 is 0 Å². The number of fused-ring (bicyclic) bond motifs is 1. The summed E-state index contributed by atoms with van der Waals surface area (Å²) in [6.45, 7) is 4.79. The Kier molecular flexibility index (Phi) is 4.61. The predicted molar refractivity (Wildman–Crippen MR) is 74.4 cm³/mol. The van der Waals surface area contributed by atoms with Gasteiger partial charge in [-0.25, -0.2) is 0 Å². The molecule has 0 saturated heterocycles. The highest BCUT2D eigenvalue weighted by Crippen LogP contribution is 2.28. The van der Waals surface area contributed by atoms with E-state index in [1.807, 2.05) is 0 Å². The van der Waals surface area contributed by atoms with Crippen LogP contribution in [0.1, 0.15) is 37.3 Å². The quantitative estimate of drug-likeness (QED) is 0.724. The van der Waals surface area contributed by atoms with E-state index in [-0.39, 0.29) is 0 Å². The van der Waals surface area contributed by atoms with E-state index in [4.69, 9.17) is 0 Å². The Labute approximate surface area is 106 Å². The third kappa shape index (κ3) is 3.57. The lowest BCUT2D eigenvalue weighted by Crippen LogP contribution is -2.23. The molecule has 0 heterocycles. The second-order valence-electron chi connectivity index (χ2n) is 5.49. The number of hydrogen-bond acceptors (Lipinski definition) is 1. The fraction of sp³-hybridized carbons (Fsp3) is 0.625. The molecule has 0 N–H and O–H groups in total. The molecule has 0 radical (unpaired) electrons. The molecule has 0 saturated carbocycles. The third-order valence-electron chi connectivity index (χ3n) is 3.95. The number of rotatable bonds is 6. The number of nitrogens with zero attached hydrogens (tertiary/aromatic N) is 1. The Hall–Kier alpha value is -0.820. The van der Waals surface area contributed by atoms with Crippen molar-refractivity contribution in [3.8, 4) is 0 Å². The van der Waals surface area contributed by atoms with Crippen LogP contribution in [0.25, 0.3) is 0 Å². The van der Waals surface area contributed by atoms with Gasteiger partial charge >= 0.3 is 0 Å². The van der Waals surface area contributed by atoms with Crippen molar-refractivity contribution in [3.63, 3.8) is 0 Å². The molecule has 0 fully saturated rings. The van der Waals surface area contributed by atoms with Gasteiger partial charge in [0.15, 0.2) is 0 Å². The largest absolute Gasteiger partial charge is 0.306 e. The van der Waals surface area contributed by atoms with Crippen LogP contribution in [0.15, 0.2) is 24.3 Å². The summed E-state index contributed by atoms with van der Waals surface area (Å²) in [5, 5.41) is 0. The van der Waals surface area contributed by atoms with Crippen molar-refractivity contribution in [2.24, 2.45) is 5.92 Å². The highest BCUT2D eigenvalue weighted by Gasteiger charge is 2.20. The molecule has 17 heavy (non-hydrogen) atoms. The van der Waals surface area contributed by atoms with Gasteiger partial charge in [0.1, 0.15) is 0 Å². The van der Waals surface area contributed by atoms with E-state index in [2.05, 4.69) is 43.1 Å². The van der Waals surface area contributed by atoms with E-state index in [0.717, 1.165) is 5.92 Å². The Bertz CT molecular complexity index is 320. The van der Waals surface area contributed by atoms with Crippen LogP contribution in [-0.4, -0.2) is 25.0 Å². The SMILES string of the molecule is CCCCN(C)CCC1Cc2ccccc2C1. The summed E-state index contributed by atoms with van der Waals surface area (Å²) < 4.78 is 0. The smallest absolute Gasteiger partial charge is 0.00189 e. The average molecular weight is 231 g/mol. The van der Waals surface area contributed by atoms with Crippen molar-refractivity contribution in [2.45, 2.75) is 39.0 Å². The van der Waals surface area contributed by atoms with E-state index >= 15 is 0 Å². The van der Waals surface area contributed by atoms with Crippen LogP contribution in [0.2, 0.25) is 0 Å². The molecule has 0 bridgehead atoms. The van der Waals surface area contributed by atoms with E-state index in [1.54, 1.807) is 11.1 Å². The summed E-state index contributed by atoms with van der Waals surface area (Å²) in [6.07, 6.45) is 6.60. The van der Waals surface area contributed by atoms with Crippen LogP contribution >= 0.6 is 0 Å². The lowest BCUT2D eigenvalue weighted by molar-refractivity contribution is 0.298. The molecule has 1 aromatic rings. The van der Waals surface area contributed by atoms with Gasteiger partial charge in [-0.05, 0) is 62.9 Å². The highest BCUT2D eigenvalue weighted by molar-refractivity contribution is 5.31. The molecule has 0 aromatic heterocycles. The summed E-state index contributed by atoms with van der Waals surface area (Å²) in [4.78, 5) is 2.49. The zero-order valence-corrected chi connectivity index (χ0v) is 11.3. The zero-order chi connectivity index (χ0) is 12.1. The molecular weight excluding hydrogens is 206 g/mol. The minimum atomic E-state index is 0.886. The molecule has 1 aliphatic carbocycles. The van der Waals surface area contributed by atoms with Crippen LogP contribution in [0.5, 0.6) is 0 Å². The van der Waals surface area contributed by atoms with Gasteiger partial charge in [0.2, 0.25) is 0 Å². The molecule has 1 aromatic carbocycles. The summed E-state index contributed by atoms with van der Waals surface area (Å²) in [5.74, 6) is 0.886.